The van der Waals surface area contributed by atoms with Gasteiger partial charge in [-0.25, -0.2) is 0 Å². The minimum atomic E-state index is 0.333. The van der Waals surface area contributed by atoms with Gasteiger partial charge in [0.15, 0.2) is 0 Å². The second-order valence-electron chi connectivity index (χ2n) is 4.87. The number of benzene rings is 1. The molecule has 1 aromatic rings. The highest BCUT2D eigenvalue weighted by atomic mass is 32.2. The highest BCUT2D eigenvalue weighted by Crippen LogP contribution is 2.28. The third kappa shape index (κ3) is 2.78. The van der Waals surface area contributed by atoms with E-state index in [-0.39, 0.29) is 0 Å². The highest BCUT2D eigenvalue weighted by molar-refractivity contribution is 7.99. The van der Waals surface area contributed by atoms with Crippen molar-refractivity contribution in [2.24, 2.45) is 0 Å². The maximum Gasteiger partial charge on any atom is 0.123 e. The molecular formula is C14H19NOS. The number of fused-ring (bicyclic) bond motifs is 1. The van der Waals surface area contributed by atoms with Crippen LogP contribution in [0.4, 0.5) is 0 Å². The van der Waals surface area contributed by atoms with Crippen molar-refractivity contribution in [2.45, 2.75) is 31.4 Å². The predicted molar refractivity (Wildman–Crippen MR) is 72.9 cm³/mol. The lowest BCUT2D eigenvalue weighted by molar-refractivity contribution is 0.221. The minimum Gasteiger partial charge on any atom is -0.488 e. The molecule has 2 aliphatic heterocycles. The van der Waals surface area contributed by atoms with E-state index in [0.29, 0.717) is 12.1 Å². The average molecular weight is 249 g/mol. The molecule has 1 fully saturated rings. The SMILES string of the molecule is c1ccc2c(c1)CC(CNC1CCCSC1)O2. The number of hydrogen-bond acceptors (Lipinski definition) is 3. The molecule has 0 bridgehead atoms. The van der Waals surface area contributed by atoms with Gasteiger partial charge in [0.2, 0.25) is 0 Å². The first-order valence-electron chi connectivity index (χ1n) is 6.47. The fourth-order valence-electron chi connectivity index (χ4n) is 2.57. The van der Waals surface area contributed by atoms with Crippen LogP contribution in [0.3, 0.4) is 0 Å². The normalized spacial score (nSPS) is 27.5. The largest absolute Gasteiger partial charge is 0.488 e. The smallest absolute Gasteiger partial charge is 0.123 e. The molecule has 3 heteroatoms. The summed E-state index contributed by atoms with van der Waals surface area (Å²) in [6.07, 6.45) is 4.07. The number of nitrogens with one attached hydrogen (secondary N) is 1. The molecule has 2 aliphatic rings. The molecule has 92 valence electrons. The second-order valence-corrected chi connectivity index (χ2v) is 6.02. The van der Waals surface area contributed by atoms with Crippen LogP contribution in [0, 0.1) is 0 Å². The van der Waals surface area contributed by atoms with E-state index in [1.165, 1.54) is 29.9 Å². The zero-order chi connectivity index (χ0) is 11.5. The van der Waals surface area contributed by atoms with Gasteiger partial charge < -0.3 is 10.1 Å². The van der Waals surface area contributed by atoms with Crippen LogP contribution in [-0.4, -0.2) is 30.2 Å². The molecule has 2 nitrogen and oxygen atoms in total. The van der Waals surface area contributed by atoms with E-state index >= 15 is 0 Å². The Morgan fingerprint density at radius 2 is 2.29 bits per heavy atom. The van der Waals surface area contributed by atoms with E-state index in [4.69, 9.17) is 4.74 Å². The summed E-state index contributed by atoms with van der Waals surface area (Å²) in [6.45, 7) is 0.986. The molecule has 2 unspecified atom stereocenters. The molecule has 0 aromatic heterocycles. The van der Waals surface area contributed by atoms with Gasteiger partial charge in [0.1, 0.15) is 11.9 Å². The number of thioether (sulfide) groups is 1. The molecule has 17 heavy (non-hydrogen) atoms. The maximum atomic E-state index is 5.93. The fourth-order valence-corrected chi connectivity index (χ4v) is 3.67. The summed E-state index contributed by atoms with van der Waals surface area (Å²) in [5.74, 6) is 3.68. The summed E-state index contributed by atoms with van der Waals surface area (Å²) in [6, 6.07) is 9.08. The number of rotatable bonds is 3. The maximum absolute atomic E-state index is 5.93. The fraction of sp³-hybridized carbons (Fsp3) is 0.571. The Hall–Kier alpha value is -0.670. The summed E-state index contributed by atoms with van der Waals surface area (Å²) in [4.78, 5) is 0. The third-order valence-electron chi connectivity index (χ3n) is 3.51. The summed E-state index contributed by atoms with van der Waals surface area (Å²) in [5, 5.41) is 3.65. The van der Waals surface area contributed by atoms with Crippen LogP contribution in [0.1, 0.15) is 18.4 Å². The van der Waals surface area contributed by atoms with Crippen LogP contribution in [0.25, 0.3) is 0 Å². The Kier molecular flexibility index (Phi) is 3.57. The quantitative estimate of drug-likeness (QED) is 0.889. The molecule has 0 spiro atoms. The monoisotopic (exact) mass is 249 g/mol. The van der Waals surface area contributed by atoms with Gasteiger partial charge in [0.25, 0.3) is 0 Å². The molecule has 1 N–H and O–H groups in total. The van der Waals surface area contributed by atoms with E-state index in [1.807, 2.05) is 6.07 Å². The lowest BCUT2D eigenvalue weighted by Gasteiger charge is -2.24. The number of ether oxygens (including phenoxy) is 1. The first-order valence-corrected chi connectivity index (χ1v) is 7.63. The Balaban J connectivity index is 1.48. The summed E-state index contributed by atoms with van der Waals surface area (Å²) in [7, 11) is 0. The van der Waals surface area contributed by atoms with Gasteiger partial charge in [0, 0.05) is 24.8 Å². The van der Waals surface area contributed by atoms with Crippen LogP contribution in [0.2, 0.25) is 0 Å². The van der Waals surface area contributed by atoms with E-state index in [0.717, 1.165) is 18.7 Å². The minimum absolute atomic E-state index is 0.333. The van der Waals surface area contributed by atoms with Crippen molar-refractivity contribution in [3.8, 4) is 5.75 Å². The summed E-state index contributed by atoms with van der Waals surface area (Å²) < 4.78 is 5.93. The summed E-state index contributed by atoms with van der Waals surface area (Å²) >= 11 is 2.07. The summed E-state index contributed by atoms with van der Waals surface area (Å²) in [5.41, 5.74) is 1.36. The Morgan fingerprint density at radius 3 is 3.12 bits per heavy atom. The van der Waals surface area contributed by atoms with Crippen molar-refractivity contribution in [1.29, 1.82) is 0 Å². The average Bonchev–Trinajstić information content (AvgIpc) is 2.80. The molecule has 0 radical (unpaired) electrons. The van der Waals surface area contributed by atoms with Crippen molar-refractivity contribution < 1.29 is 4.74 Å². The van der Waals surface area contributed by atoms with Gasteiger partial charge in [-0.3, -0.25) is 0 Å². The van der Waals surface area contributed by atoms with Gasteiger partial charge >= 0.3 is 0 Å². The Bertz CT molecular complexity index is 351. The molecule has 2 atom stereocenters. The van der Waals surface area contributed by atoms with Crippen molar-refractivity contribution in [3.05, 3.63) is 29.8 Å². The highest BCUT2D eigenvalue weighted by Gasteiger charge is 2.23. The van der Waals surface area contributed by atoms with Crippen LogP contribution >= 0.6 is 11.8 Å². The molecule has 1 aromatic carbocycles. The van der Waals surface area contributed by atoms with Gasteiger partial charge in [0.05, 0.1) is 0 Å². The van der Waals surface area contributed by atoms with E-state index < -0.39 is 0 Å². The van der Waals surface area contributed by atoms with Crippen molar-refractivity contribution in [1.82, 2.24) is 5.32 Å². The van der Waals surface area contributed by atoms with E-state index in [1.54, 1.807) is 0 Å². The Labute approximate surface area is 107 Å². The van der Waals surface area contributed by atoms with Crippen molar-refractivity contribution in [2.75, 3.05) is 18.1 Å². The van der Waals surface area contributed by atoms with Crippen LogP contribution in [0.15, 0.2) is 24.3 Å². The van der Waals surface area contributed by atoms with Crippen molar-refractivity contribution >= 4 is 11.8 Å². The molecule has 0 amide bonds. The van der Waals surface area contributed by atoms with E-state index in [9.17, 15) is 0 Å². The third-order valence-corrected chi connectivity index (χ3v) is 4.72. The molecule has 0 aliphatic carbocycles. The second kappa shape index (κ2) is 5.32. The number of hydrogen-bond donors (Lipinski definition) is 1. The topological polar surface area (TPSA) is 21.3 Å². The zero-order valence-corrected chi connectivity index (χ0v) is 10.8. The van der Waals surface area contributed by atoms with Gasteiger partial charge in [-0.2, -0.15) is 11.8 Å². The van der Waals surface area contributed by atoms with Crippen molar-refractivity contribution in [3.63, 3.8) is 0 Å². The van der Waals surface area contributed by atoms with Crippen LogP contribution < -0.4 is 10.1 Å². The van der Waals surface area contributed by atoms with Crippen LogP contribution in [0.5, 0.6) is 5.75 Å². The molecular weight excluding hydrogens is 230 g/mol. The number of para-hydroxylation sites is 1. The zero-order valence-electron chi connectivity index (χ0n) is 10.0. The lowest BCUT2D eigenvalue weighted by Crippen LogP contribution is -2.40. The Morgan fingerprint density at radius 1 is 1.35 bits per heavy atom. The predicted octanol–water partition coefficient (Wildman–Crippen LogP) is 2.48. The molecule has 0 saturated carbocycles. The van der Waals surface area contributed by atoms with Crippen LogP contribution in [-0.2, 0) is 6.42 Å². The van der Waals surface area contributed by atoms with Gasteiger partial charge in [-0.15, -0.1) is 0 Å². The van der Waals surface area contributed by atoms with Gasteiger partial charge in [-0.05, 0) is 30.2 Å². The standard InChI is InChI=1S/C14H19NOS/c1-2-6-14-11(4-1)8-13(16-14)9-15-12-5-3-7-17-10-12/h1-2,4,6,12-13,15H,3,5,7-10H2. The molecule has 1 saturated heterocycles. The molecule has 3 rings (SSSR count). The first kappa shape index (κ1) is 11.4. The van der Waals surface area contributed by atoms with E-state index in [2.05, 4.69) is 35.3 Å². The lowest BCUT2D eigenvalue weighted by atomic mass is 10.1. The first-order chi connectivity index (χ1) is 8.42. The van der Waals surface area contributed by atoms with Gasteiger partial charge in [-0.1, -0.05) is 18.2 Å². The molecule has 2 heterocycles.